The third-order valence-electron chi connectivity index (χ3n) is 5.21. The van der Waals surface area contributed by atoms with Crippen LogP contribution in [0.4, 0.5) is 0 Å². The fourth-order valence-corrected chi connectivity index (χ4v) is 7.64. The number of pyridine rings is 1. The van der Waals surface area contributed by atoms with Crippen LogP contribution in [-0.4, -0.2) is 43.0 Å². The van der Waals surface area contributed by atoms with Gasteiger partial charge in [0, 0.05) is 29.4 Å². The van der Waals surface area contributed by atoms with Crippen molar-refractivity contribution >= 4 is 38.6 Å². The Kier molecular flexibility index (Phi) is 4.50. The molecule has 1 saturated heterocycles. The maximum Gasteiger partial charge on any atom is 0.168 e. The van der Waals surface area contributed by atoms with Crippen molar-refractivity contribution in [1.29, 1.82) is 5.26 Å². The molecule has 1 fully saturated rings. The van der Waals surface area contributed by atoms with Gasteiger partial charge < -0.3 is 10.5 Å². The third kappa shape index (κ3) is 2.83. The topological polar surface area (TPSA) is 118 Å². The van der Waals surface area contributed by atoms with E-state index in [1.165, 1.54) is 17.5 Å². The number of aromatic nitrogens is 1. The average Bonchev–Trinajstić information content (AvgIpc) is 3.28. The van der Waals surface area contributed by atoms with E-state index in [2.05, 4.69) is 16.0 Å². The monoisotopic (exact) mass is 436 g/mol. The second-order valence-corrected chi connectivity index (χ2v) is 10.9. The predicted molar refractivity (Wildman–Crippen MR) is 108 cm³/mol. The summed E-state index contributed by atoms with van der Waals surface area (Å²) in [6.45, 7) is 2.11. The van der Waals surface area contributed by atoms with Crippen LogP contribution in [0.15, 0.2) is 29.5 Å². The minimum absolute atomic E-state index is 0.0385. The lowest BCUT2D eigenvalue weighted by Gasteiger charge is -2.38. The number of nitrogens with zero attached hydrogens (tertiary/aromatic N) is 3. The third-order valence-corrected chi connectivity index (χ3v) is 9.72. The molecule has 2 atom stereocenters. The Hall–Kier alpha value is -1.99. The molecule has 146 valence electrons. The molecule has 1 spiro atoms. The zero-order valence-corrected chi connectivity index (χ0v) is 17.4. The highest BCUT2D eigenvalue weighted by atomic mass is 35.5. The molecule has 0 bridgehead atoms. The zero-order chi connectivity index (χ0) is 20.2. The highest BCUT2D eigenvalue weighted by molar-refractivity contribution is 7.93. The second-order valence-electron chi connectivity index (χ2n) is 7.19. The molecule has 2 aliphatic rings. The second kappa shape index (κ2) is 6.52. The number of ether oxygens (including phenoxy) is 1. The highest BCUT2D eigenvalue weighted by Crippen LogP contribution is 2.47. The molecule has 0 aliphatic carbocycles. The van der Waals surface area contributed by atoms with Gasteiger partial charge in [-0.1, -0.05) is 11.6 Å². The first-order chi connectivity index (χ1) is 13.2. The Bertz CT molecular complexity index is 1130. The van der Waals surface area contributed by atoms with E-state index in [-0.39, 0.29) is 18.2 Å². The summed E-state index contributed by atoms with van der Waals surface area (Å²) in [5.74, 6) is -0.113. The first kappa shape index (κ1) is 19.3. The van der Waals surface area contributed by atoms with Gasteiger partial charge in [0.15, 0.2) is 14.6 Å². The summed E-state index contributed by atoms with van der Waals surface area (Å²) in [6, 6.07) is 5.51. The van der Waals surface area contributed by atoms with E-state index in [0.29, 0.717) is 28.5 Å². The van der Waals surface area contributed by atoms with Crippen molar-refractivity contribution in [2.75, 3.05) is 19.0 Å². The van der Waals surface area contributed by atoms with Gasteiger partial charge in [0.2, 0.25) is 0 Å². The molecule has 4 heterocycles. The van der Waals surface area contributed by atoms with Crippen LogP contribution in [0.1, 0.15) is 23.8 Å². The van der Waals surface area contributed by atoms with Crippen LogP contribution in [0.5, 0.6) is 0 Å². The van der Waals surface area contributed by atoms with Crippen molar-refractivity contribution in [3.8, 4) is 16.5 Å². The number of thiophene rings is 1. The number of nitrogens with two attached hydrogens (primary N) is 1. The Morgan fingerprint density at radius 1 is 1.39 bits per heavy atom. The maximum absolute atomic E-state index is 13.2. The minimum atomic E-state index is -3.60. The molecule has 10 heteroatoms. The molecular formula is C18H17ClN4O3S2. The Labute approximate surface area is 171 Å². The van der Waals surface area contributed by atoms with E-state index >= 15 is 0 Å². The van der Waals surface area contributed by atoms with Gasteiger partial charge >= 0.3 is 0 Å². The molecule has 0 amide bonds. The summed E-state index contributed by atoms with van der Waals surface area (Å²) in [6.07, 6.45) is 3.43. The summed E-state index contributed by atoms with van der Waals surface area (Å²) in [4.78, 5) is 10.1. The maximum atomic E-state index is 13.2. The first-order valence-corrected chi connectivity index (χ1v) is 11.4. The van der Waals surface area contributed by atoms with Crippen molar-refractivity contribution < 1.29 is 13.2 Å². The standard InChI is InChI=1S/C18H17ClN4O3S2/c1-17(10-28(24,25)18(16(21)23-17)2-3-26-9-18)15-13(19)5-14(27-15)12-4-11(6-20)7-22-8-12/h4-5,7-8H,2-3,9-10H2,1H3,(H2,21,23)/t17-,18?/m0/s1. The Morgan fingerprint density at radius 2 is 2.18 bits per heavy atom. The van der Waals surface area contributed by atoms with Gasteiger partial charge in [-0.3, -0.25) is 9.98 Å². The molecule has 1 unspecified atom stereocenters. The van der Waals surface area contributed by atoms with Gasteiger partial charge in [-0.05, 0) is 25.5 Å². The molecule has 0 radical (unpaired) electrons. The summed E-state index contributed by atoms with van der Waals surface area (Å²) in [5, 5.41) is 9.49. The smallest absolute Gasteiger partial charge is 0.168 e. The van der Waals surface area contributed by atoms with E-state index in [4.69, 9.17) is 27.3 Å². The van der Waals surface area contributed by atoms with Gasteiger partial charge in [-0.15, -0.1) is 11.3 Å². The van der Waals surface area contributed by atoms with Gasteiger partial charge in [0.25, 0.3) is 0 Å². The molecule has 4 rings (SSSR count). The van der Waals surface area contributed by atoms with E-state index < -0.39 is 20.1 Å². The summed E-state index contributed by atoms with van der Waals surface area (Å²) >= 11 is 7.81. The number of sulfone groups is 1. The van der Waals surface area contributed by atoms with Crippen LogP contribution in [0.3, 0.4) is 0 Å². The lowest BCUT2D eigenvalue weighted by atomic mass is 10.0. The molecule has 2 aromatic heterocycles. The molecule has 7 nitrogen and oxygen atoms in total. The number of hydrogen-bond donors (Lipinski definition) is 1. The molecule has 2 aromatic rings. The summed E-state index contributed by atoms with van der Waals surface area (Å²) in [5.41, 5.74) is 6.25. The van der Waals surface area contributed by atoms with Gasteiger partial charge in [0.1, 0.15) is 17.4 Å². The van der Waals surface area contributed by atoms with Crippen LogP contribution < -0.4 is 5.73 Å². The number of hydrogen-bond acceptors (Lipinski definition) is 8. The lowest BCUT2D eigenvalue weighted by Crippen LogP contribution is -2.58. The SMILES string of the molecule is C[C@@]1(c2sc(-c3cncc(C#N)c3)cc2Cl)CS(=O)(=O)C2(CCOC2)C(N)=N1. The number of amidine groups is 1. The minimum Gasteiger partial charge on any atom is -0.386 e. The van der Waals surface area contributed by atoms with Crippen molar-refractivity contribution in [3.63, 3.8) is 0 Å². The van der Waals surface area contributed by atoms with Crippen molar-refractivity contribution in [2.45, 2.75) is 23.6 Å². The van der Waals surface area contributed by atoms with E-state index in [1.807, 2.05) is 0 Å². The predicted octanol–water partition coefficient (Wildman–Crippen LogP) is 2.50. The number of rotatable bonds is 2. The fourth-order valence-electron chi connectivity index (χ4n) is 3.69. The Balaban J connectivity index is 1.80. The van der Waals surface area contributed by atoms with Gasteiger partial charge in [0.05, 0.1) is 27.8 Å². The quantitative estimate of drug-likeness (QED) is 0.772. The normalized spacial score (nSPS) is 28.8. The summed E-state index contributed by atoms with van der Waals surface area (Å²) in [7, 11) is -3.60. The molecule has 28 heavy (non-hydrogen) atoms. The van der Waals surface area contributed by atoms with E-state index in [9.17, 15) is 8.42 Å². The van der Waals surface area contributed by atoms with Crippen LogP contribution in [0, 0.1) is 11.3 Å². The van der Waals surface area contributed by atoms with Crippen LogP contribution >= 0.6 is 22.9 Å². The number of halogens is 1. The molecule has 2 aliphatic heterocycles. The zero-order valence-electron chi connectivity index (χ0n) is 15.0. The van der Waals surface area contributed by atoms with Crippen LogP contribution in [0.2, 0.25) is 5.02 Å². The molecule has 0 aromatic carbocycles. The van der Waals surface area contributed by atoms with Crippen molar-refractivity contribution in [2.24, 2.45) is 10.7 Å². The first-order valence-electron chi connectivity index (χ1n) is 8.52. The molecule has 2 N–H and O–H groups in total. The molecule has 0 saturated carbocycles. The van der Waals surface area contributed by atoms with Crippen LogP contribution in [0.25, 0.3) is 10.4 Å². The van der Waals surface area contributed by atoms with E-state index in [1.54, 1.807) is 25.3 Å². The number of aliphatic imine (C=N–C) groups is 1. The van der Waals surface area contributed by atoms with Gasteiger partial charge in [-0.25, -0.2) is 8.42 Å². The van der Waals surface area contributed by atoms with Gasteiger partial charge in [-0.2, -0.15) is 5.26 Å². The largest absolute Gasteiger partial charge is 0.386 e. The van der Waals surface area contributed by atoms with E-state index in [0.717, 1.165) is 10.4 Å². The van der Waals surface area contributed by atoms with Crippen molar-refractivity contribution in [1.82, 2.24) is 4.98 Å². The van der Waals surface area contributed by atoms with Crippen LogP contribution in [-0.2, 0) is 20.1 Å². The Morgan fingerprint density at radius 3 is 2.82 bits per heavy atom. The number of nitriles is 1. The molecular weight excluding hydrogens is 420 g/mol. The fraction of sp³-hybridized carbons (Fsp3) is 0.389. The average molecular weight is 437 g/mol. The highest BCUT2D eigenvalue weighted by Gasteiger charge is 2.57. The summed E-state index contributed by atoms with van der Waals surface area (Å²) < 4.78 is 30.4. The van der Waals surface area contributed by atoms with Crippen molar-refractivity contribution in [3.05, 3.63) is 40.0 Å². The lowest BCUT2D eigenvalue weighted by molar-refractivity contribution is 0.194.